The molecule has 0 saturated carbocycles. The summed E-state index contributed by atoms with van der Waals surface area (Å²) in [4.78, 5) is 12.0. The molecule has 0 amide bonds. The summed E-state index contributed by atoms with van der Waals surface area (Å²) >= 11 is 0. The molecule has 1 aliphatic heterocycles. The Labute approximate surface area is 103 Å². The fraction of sp³-hybridized carbons (Fsp3) is 0.643. The fourth-order valence-electron chi connectivity index (χ4n) is 1.59. The van der Waals surface area contributed by atoms with E-state index in [1.807, 2.05) is 27.7 Å². The molecule has 0 saturated heterocycles. The summed E-state index contributed by atoms with van der Waals surface area (Å²) < 4.78 is 11.3. The normalized spacial score (nSPS) is 25.4. The number of ether oxygens (including phenoxy) is 2. The van der Waals surface area contributed by atoms with Crippen LogP contribution in [0.25, 0.3) is 0 Å². The van der Waals surface area contributed by atoms with Gasteiger partial charge in [-0.15, -0.1) is 6.58 Å². The minimum atomic E-state index is -0.897. The average Bonchev–Trinajstić information content (AvgIpc) is 2.14. The van der Waals surface area contributed by atoms with Crippen LogP contribution in [0.2, 0.25) is 0 Å². The molecule has 0 radical (unpaired) electrons. The van der Waals surface area contributed by atoms with Gasteiger partial charge in [-0.25, -0.2) is 4.79 Å². The molecule has 3 nitrogen and oxygen atoms in total. The van der Waals surface area contributed by atoms with Gasteiger partial charge in [-0.05, 0) is 19.8 Å². The maximum Gasteiger partial charge on any atom is 0.340 e. The third-order valence-electron chi connectivity index (χ3n) is 3.27. The lowest BCUT2D eigenvalue weighted by Gasteiger charge is -2.43. The summed E-state index contributed by atoms with van der Waals surface area (Å²) in [5.41, 5.74) is 0.347. The lowest BCUT2D eigenvalue weighted by Crippen LogP contribution is -2.49. The van der Waals surface area contributed by atoms with Crippen molar-refractivity contribution in [1.29, 1.82) is 0 Å². The molecule has 1 rings (SSSR count). The first-order valence-electron chi connectivity index (χ1n) is 5.94. The van der Waals surface area contributed by atoms with E-state index < -0.39 is 5.79 Å². The molecule has 3 heteroatoms. The van der Waals surface area contributed by atoms with Crippen molar-refractivity contribution in [3.05, 3.63) is 24.0 Å². The second-order valence-corrected chi connectivity index (χ2v) is 5.55. The molecule has 0 aliphatic carbocycles. The van der Waals surface area contributed by atoms with Crippen LogP contribution in [0.1, 0.15) is 47.5 Å². The second kappa shape index (κ2) is 4.55. The van der Waals surface area contributed by atoms with E-state index in [0.29, 0.717) is 17.8 Å². The molecule has 0 aromatic carbocycles. The summed E-state index contributed by atoms with van der Waals surface area (Å²) in [7, 11) is 0. The number of carbonyl (C=O) groups excluding carboxylic acids is 1. The van der Waals surface area contributed by atoms with Crippen molar-refractivity contribution in [2.45, 2.75) is 53.2 Å². The summed E-state index contributed by atoms with van der Waals surface area (Å²) in [5, 5.41) is 0. The van der Waals surface area contributed by atoms with Gasteiger partial charge in [-0.2, -0.15) is 0 Å². The van der Waals surface area contributed by atoms with Gasteiger partial charge in [0.1, 0.15) is 5.76 Å². The first kappa shape index (κ1) is 13.8. The minimum Gasteiger partial charge on any atom is -0.456 e. The molecule has 96 valence electrons. The Balaban J connectivity index is 2.98. The number of hydrogen-bond acceptors (Lipinski definition) is 3. The van der Waals surface area contributed by atoms with Gasteiger partial charge < -0.3 is 9.47 Å². The Morgan fingerprint density at radius 1 is 1.35 bits per heavy atom. The lowest BCUT2D eigenvalue weighted by molar-refractivity contribution is -0.255. The number of cyclic esters (lactones) is 1. The van der Waals surface area contributed by atoms with Gasteiger partial charge in [-0.1, -0.05) is 26.8 Å². The van der Waals surface area contributed by atoms with Crippen molar-refractivity contribution < 1.29 is 14.3 Å². The van der Waals surface area contributed by atoms with E-state index in [1.54, 1.807) is 13.0 Å². The van der Waals surface area contributed by atoms with Crippen LogP contribution in [-0.2, 0) is 14.3 Å². The highest BCUT2D eigenvalue weighted by molar-refractivity contribution is 5.89. The Hall–Kier alpha value is -1.25. The molecule has 17 heavy (non-hydrogen) atoms. The zero-order valence-electron chi connectivity index (χ0n) is 11.4. The maximum atomic E-state index is 12.0. The first-order chi connectivity index (χ1) is 7.71. The highest BCUT2D eigenvalue weighted by Crippen LogP contribution is 2.40. The third-order valence-corrected chi connectivity index (χ3v) is 3.27. The second-order valence-electron chi connectivity index (χ2n) is 5.55. The monoisotopic (exact) mass is 238 g/mol. The Bertz CT molecular complexity index is 360. The molecule has 0 aromatic heterocycles. The third kappa shape index (κ3) is 2.71. The van der Waals surface area contributed by atoms with E-state index in [9.17, 15) is 4.79 Å². The molecule has 0 bridgehead atoms. The van der Waals surface area contributed by atoms with Gasteiger partial charge in [-0.3, -0.25) is 0 Å². The van der Waals surface area contributed by atoms with Crippen LogP contribution in [0.5, 0.6) is 0 Å². The number of carbonyl (C=O) groups is 1. The topological polar surface area (TPSA) is 35.5 Å². The molecule has 0 spiro atoms. The molecule has 1 heterocycles. The largest absolute Gasteiger partial charge is 0.456 e. The van der Waals surface area contributed by atoms with Crippen molar-refractivity contribution in [2.75, 3.05) is 0 Å². The van der Waals surface area contributed by atoms with Crippen LogP contribution in [-0.4, -0.2) is 11.8 Å². The number of hydrogen-bond donors (Lipinski definition) is 0. The van der Waals surface area contributed by atoms with Crippen LogP contribution >= 0.6 is 0 Å². The molecule has 1 atom stereocenters. The highest BCUT2D eigenvalue weighted by Gasteiger charge is 2.47. The van der Waals surface area contributed by atoms with Gasteiger partial charge >= 0.3 is 5.97 Å². The molecule has 0 fully saturated rings. The van der Waals surface area contributed by atoms with Crippen molar-refractivity contribution >= 4 is 5.97 Å². The Morgan fingerprint density at radius 2 is 1.94 bits per heavy atom. The van der Waals surface area contributed by atoms with Crippen LogP contribution < -0.4 is 0 Å². The van der Waals surface area contributed by atoms with Crippen molar-refractivity contribution in [3.8, 4) is 0 Å². The van der Waals surface area contributed by atoms with E-state index in [0.717, 1.165) is 6.42 Å². The van der Waals surface area contributed by atoms with E-state index in [-0.39, 0.29) is 11.4 Å². The average molecular weight is 238 g/mol. The fourth-order valence-corrected chi connectivity index (χ4v) is 1.59. The van der Waals surface area contributed by atoms with Gasteiger partial charge in [0.15, 0.2) is 0 Å². The van der Waals surface area contributed by atoms with Crippen LogP contribution in [0.15, 0.2) is 24.0 Å². The van der Waals surface area contributed by atoms with E-state index in [4.69, 9.17) is 9.47 Å². The zero-order chi connectivity index (χ0) is 13.3. The SMILES string of the molecule is C=CCCC1=C(C)OC(C)(C(C)(C)C)OC1=O. The summed E-state index contributed by atoms with van der Waals surface area (Å²) in [6.45, 7) is 13.2. The molecular weight excluding hydrogens is 216 g/mol. The summed E-state index contributed by atoms with van der Waals surface area (Å²) in [5.74, 6) is -0.500. The van der Waals surface area contributed by atoms with Crippen molar-refractivity contribution in [2.24, 2.45) is 5.41 Å². The first-order valence-corrected chi connectivity index (χ1v) is 5.94. The lowest BCUT2D eigenvalue weighted by atomic mass is 9.85. The van der Waals surface area contributed by atoms with Crippen molar-refractivity contribution in [3.63, 3.8) is 0 Å². The number of allylic oxidation sites excluding steroid dienone is 2. The van der Waals surface area contributed by atoms with Gasteiger partial charge in [0.05, 0.1) is 5.57 Å². The quantitative estimate of drug-likeness (QED) is 0.557. The minimum absolute atomic E-state index is 0.270. The molecule has 1 unspecified atom stereocenters. The predicted octanol–water partition coefficient (Wildman–Crippen LogP) is 3.56. The number of esters is 1. The highest BCUT2D eigenvalue weighted by atomic mass is 16.7. The van der Waals surface area contributed by atoms with Crippen LogP contribution in [0, 0.1) is 5.41 Å². The maximum absolute atomic E-state index is 12.0. The van der Waals surface area contributed by atoms with E-state index in [2.05, 4.69) is 6.58 Å². The van der Waals surface area contributed by atoms with Crippen LogP contribution in [0.4, 0.5) is 0 Å². The van der Waals surface area contributed by atoms with E-state index in [1.165, 1.54) is 0 Å². The van der Waals surface area contributed by atoms with Crippen molar-refractivity contribution in [1.82, 2.24) is 0 Å². The van der Waals surface area contributed by atoms with E-state index >= 15 is 0 Å². The van der Waals surface area contributed by atoms with Crippen LogP contribution in [0.3, 0.4) is 0 Å². The smallest absolute Gasteiger partial charge is 0.340 e. The summed E-state index contributed by atoms with van der Waals surface area (Å²) in [6, 6.07) is 0. The summed E-state index contributed by atoms with van der Waals surface area (Å²) in [6.07, 6.45) is 3.15. The predicted molar refractivity (Wildman–Crippen MR) is 67.2 cm³/mol. The van der Waals surface area contributed by atoms with Gasteiger partial charge in [0.25, 0.3) is 5.79 Å². The Kier molecular flexibility index (Phi) is 3.70. The Morgan fingerprint density at radius 3 is 2.35 bits per heavy atom. The molecule has 1 aliphatic rings. The molecule has 0 N–H and O–H groups in total. The number of rotatable bonds is 3. The van der Waals surface area contributed by atoms with Gasteiger partial charge in [0, 0.05) is 12.3 Å². The zero-order valence-corrected chi connectivity index (χ0v) is 11.4. The standard InChI is InChI=1S/C14H22O3/c1-7-8-9-11-10(2)16-14(6,13(3,4)5)17-12(11)15/h7H,1,8-9H2,2-6H3. The molecule has 0 aromatic rings. The van der Waals surface area contributed by atoms with Gasteiger partial charge in [0.2, 0.25) is 0 Å². The molecular formula is C14H22O3.